The molecule has 0 amide bonds. The number of aromatic nitrogens is 1. The van der Waals surface area contributed by atoms with Crippen LogP contribution in [0.15, 0.2) is 27.2 Å². The standard InChI is InChI=1S/C15H18N4O2/c1-11-18-12(9-16)15(21-11)17-10-13(14-5-4-8-20-14)19-6-2-3-7-19/h4-5,8,13,17H,2-3,6-7,10H2,1H3/t13-/m0/s1. The molecule has 21 heavy (non-hydrogen) atoms. The van der Waals surface area contributed by atoms with Gasteiger partial charge in [-0.1, -0.05) is 0 Å². The van der Waals surface area contributed by atoms with Gasteiger partial charge in [-0.15, -0.1) is 0 Å². The minimum Gasteiger partial charge on any atom is -0.468 e. The summed E-state index contributed by atoms with van der Waals surface area (Å²) in [6.07, 6.45) is 4.11. The fourth-order valence-electron chi connectivity index (χ4n) is 2.76. The Labute approximate surface area is 123 Å². The molecule has 6 nitrogen and oxygen atoms in total. The van der Waals surface area contributed by atoms with Crippen LogP contribution < -0.4 is 5.32 Å². The number of hydrogen-bond acceptors (Lipinski definition) is 6. The molecule has 0 aromatic carbocycles. The number of rotatable bonds is 5. The van der Waals surface area contributed by atoms with E-state index in [2.05, 4.69) is 15.2 Å². The summed E-state index contributed by atoms with van der Waals surface area (Å²) in [6, 6.07) is 6.07. The van der Waals surface area contributed by atoms with Gasteiger partial charge < -0.3 is 14.2 Å². The number of likely N-dealkylation sites (tertiary alicyclic amines) is 1. The molecule has 0 spiro atoms. The van der Waals surface area contributed by atoms with E-state index < -0.39 is 0 Å². The van der Waals surface area contributed by atoms with Crippen LogP contribution in [0, 0.1) is 18.3 Å². The van der Waals surface area contributed by atoms with Gasteiger partial charge in [0, 0.05) is 13.5 Å². The van der Waals surface area contributed by atoms with Crippen molar-refractivity contribution < 1.29 is 8.83 Å². The van der Waals surface area contributed by atoms with Gasteiger partial charge in [-0.2, -0.15) is 5.26 Å². The van der Waals surface area contributed by atoms with Gasteiger partial charge in [0.2, 0.25) is 11.6 Å². The Morgan fingerprint density at radius 2 is 2.29 bits per heavy atom. The highest BCUT2D eigenvalue weighted by Gasteiger charge is 2.26. The molecule has 3 rings (SSSR count). The molecule has 1 N–H and O–H groups in total. The van der Waals surface area contributed by atoms with E-state index in [0.717, 1.165) is 18.8 Å². The topological polar surface area (TPSA) is 78.2 Å². The van der Waals surface area contributed by atoms with Crippen LogP contribution in [0.2, 0.25) is 0 Å². The summed E-state index contributed by atoms with van der Waals surface area (Å²) in [6.45, 7) is 4.48. The van der Waals surface area contributed by atoms with E-state index >= 15 is 0 Å². The van der Waals surface area contributed by atoms with Crippen molar-refractivity contribution in [3.05, 3.63) is 35.7 Å². The van der Waals surface area contributed by atoms with Gasteiger partial charge in [0.15, 0.2) is 5.89 Å². The van der Waals surface area contributed by atoms with E-state index in [0.29, 0.717) is 24.0 Å². The maximum atomic E-state index is 9.05. The van der Waals surface area contributed by atoms with Crippen molar-refractivity contribution in [3.8, 4) is 6.07 Å². The lowest BCUT2D eigenvalue weighted by Crippen LogP contribution is -2.30. The molecule has 0 unspecified atom stereocenters. The van der Waals surface area contributed by atoms with Crippen molar-refractivity contribution in [1.82, 2.24) is 9.88 Å². The molecular formula is C15H18N4O2. The van der Waals surface area contributed by atoms with Gasteiger partial charge in [-0.3, -0.25) is 4.90 Å². The van der Waals surface area contributed by atoms with E-state index in [-0.39, 0.29) is 6.04 Å². The largest absolute Gasteiger partial charge is 0.468 e. The van der Waals surface area contributed by atoms with Crippen molar-refractivity contribution in [3.63, 3.8) is 0 Å². The van der Waals surface area contributed by atoms with Crippen LogP contribution in [0.25, 0.3) is 0 Å². The van der Waals surface area contributed by atoms with Crippen LogP contribution in [0.5, 0.6) is 0 Å². The molecule has 1 aliphatic heterocycles. The van der Waals surface area contributed by atoms with Crippen molar-refractivity contribution in [2.75, 3.05) is 25.0 Å². The average Bonchev–Trinajstić information content (AvgIpc) is 3.20. The molecule has 2 aromatic rings. The van der Waals surface area contributed by atoms with Gasteiger partial charge in [-0.05, 0) is 38.1 Å². The van der Waals surface area contributed by atoms with Gasteiger partial charge in [0.05, 0.1) is 12.3 Å². The Morgan fingerprint density at radius 3 is 2.95 bits per heavy atom. The van der Waals surface area contributed by atoms with Crippen LogP contribution in [0.3, 0.4) is 0 Å². The third-order valence-corrected chi connectivity index (χ3v) is 3.75. The lowest BCUT2D eigenvalue weighted by molar-refractivity contribution is 0.224. The van der Waals surface area contributed by atoms with E-state index in [1.807, 2.05) is 18.2 Å². The Kier molecular flexibility index (Phi) is 3.93. The lowest BCUT2D eigenvalue weighted by Gasteiger charge is -2.25. The molecule has 0 saturated carbocycles. The van der Waals surface area contributed by atoms with Gasteiger partial charge in [0.1, 0.15) is 11.8 Å². The maximum absolute atomic E-state index is 9.05. The number of anilines is 1. The summed E-state index contributed by atoms with van der Waals surface area (Å²) in [4.78, 5) is 6.43. The predicted octanol–water partition coefficient (Wildman–Crippen LogP) is 2.70. The zero-order valence-corrected chi connectivity index (χ0v) is 12.0. The number of nitrogens with zero attached hydrogens (tertiary/aromatic N) is 3. The molecule has 1 aliphatic rings. The molecule has 0 radical (unpaired) electrons. The average molecular weight is 286 g/mol. The lowest BCUT2D eigenvalue weighted by atomic mass is 10.2. The molecule has 3 heterocycles. The first kappa shape index (κ1) is 13.7. The number of furan rings is 1. The van der Waals surface area contributed by atoms with Crippen LogP contribution in [-0.2, 0) is 0 Å². The highest BCUT2D eigenvalue weighted by molar-refractivity contribution is 5.45. The number of oxazole rings is 1. The first-order valence-electron chi connectivity index (χ1n) is 7.17. The van der Waals surface area contributed by atoms with E-state index in [1.165, 1.54) is 12.8 Å². The molecule has 1 saturated heterocycles. The minimum atomic E-state index is 0.138. The second kappa shape index (κ2) is 6.02. The Hall–Kier alpha value is -2.26. The number of hydrogen-bond donors (Lipinski definition) is 1. The molecular weight excluding hydrogens is 268 g/mol. The Balaban J connectivity index is 1.74. The third-order valence-electron chi connectivity index (χ3n) is 3.75. The van der Waals surface area contributed by atoms with Crippen molar-refractivity contribution in [1.29, 1.82) is 5.26 Å². The van der Waals surface area contributed by atoms with Crippen LogP contribution in [0.4, 0.5) is 5.88 Å². The third kappa shape index (κ3) is 2.93. The van der Waals surface area contributed by atoms with E-state index in [9.17, 15) is 0 Å². The van der Waals surface area contributed by atoms with Crippen LogP contribution >= 0.6 is 0 Å². The molecule has 6 heteroatoms. The molecule has 0 bridgehead atoms. The fraction of sp³-hybridized carbons (Fsp3) is 0.467. The summed E-state index contributed by atoms with van der Waals surface area (Å²) in [5.41, 5.74) is 0.298. The van der Waals surface area contributed by atoms with Gasteiger partial charge in [0.25, 0.3) is 0 Å². The van der Waals surface area contributed by atoms with Gasteiger partial charge in [-0.25, -0.2) is 4.98 Å². The first-order valence-corrected chi connectivity index (χ1v) is 7.17. The summed E-state index contributed by atoms with van der Waals surface area (Å²) in [5.74, 6) is 1.86. The summed E-state index contributed by atoms with van der Waals surface area (Å²) < 4.78 is 11.0. The predicted molar refractivity (Wildman–Crippen MR) is 76.7 cm³/mol. The van der Waals surface area contributed by atoms with Crippen LogP contribution in [0.1, 0.15) is 36.2 Å². The molecule has 0 aliphatic carbocycles. The Morgan fingerprint density at radius 1 is 1.48 bits per heavy atom. The molecule has 2 aromatic heterocycles. The second-order valence-electron chi connectivity index (χ2n) is 5.18. The zero-order chi connectivity index (χ0) is 14.7. The smallest absolute Gasteiger partial charge is 0.232 e. The monoisotopic (exact) mass is 286 g/mol. The van der Waals surface area contributed by atoms with Crippen LogP contribution in [-0.4, -0.2) is 29.5 Å². The van der Waals surface area contributed by atoms with E-state index in [1.54, 1.807) is 13.2 Å². The minimum absolute atomic E-state index is 0.138. The van der Waals surface area contributed by atoms with Gasteiger partial charge >= 0.3 is 0 Å². The second-order valence-corrected chi connectivity index (χ2v) is 5.18. The van der Waals surface area contributed by atoms with Crippen molar-refractivity contribution in [2.45, 2.75) is 25.8 Å². The normalized spacial score (nSPS) is 16.8. The zero-order valence-electron chi connectivity index (χ0n) is 12.0. The molecule has 1 fully saturated rings. The highest BCUT2D eigenvalue weighted by Crippen LogP contribution is 2.26. The summed E-state index contributed by atoms with van der Waals surface area (Å²) in [7, 11) is 0. The summed E-state index contributed by atoms with van der Waals surface area (Å²) in [5, 5.41) is 12.2. The SMILES string of the molecule is Cc1nc(C#N)c(NC[C@@H](c2ccco2)N2CCCC2)o1. The highest BCUT2D eigenvalue weighted by atomic mass is 16.4. The summed E-state index contributed by atoms with van der Waals surface area (Å²) >= 11 is 0. The maximum Gasteiger partial charge on any atom is 0.232 e. The Bertz CT molecular complexity index is 621. The number of aryl methyl sites for hydroxylation is 1. The number of nitrogens with one attached hydrogen (secondary N) is 1. The number of nitriles is 1. The van der Waals surface area contributed by atoms with E-state index in [4.69, 9.17) is 14.1 Å². The quantitative estimate of drug-likeness (QED) is 0.910. The fourth-order valence-corrected chi connectivity index (χ4v) is 2.76. The molecule has 1 atom stereocenters. The first-order chi connectivity index (χ1) is 10.3. The van der Waals surface area contributed by atoms with Crippen molar-refractivity contribution >= 4 is 5.88 Å². The molecule has 110 valence electrons. The van der Waals surface area contributed by atoms with Crippen molar-refractivity contribution in [2.24, 2.45) is 0 Å².